The number of hydrogen-bond donors (Lipinski definition) is 1. The van der Waals surface area contributed by atoms with Gasteiger partial charge < -0.3 is 10.2 Å². The summed E-state index contributed by atoms with van der Waals surface area (Å²) in [7, 11) is 0. The SMILES string of the molecule is Cc1scc2c1N(CCCC#CCN1CCC(C)CC1)c1ccccc1NC2=O. The number of piperidine rings is 1. The van der Waals surface area contributed by atoms with Crippen LogP contribution in [0.25, 0.3) is 0 Å². The van der Waals surface area contributed by atoms with E-state index in [-0.39, 0.29) is 5.91 Å². The summed E-state index contributed by atoms with van der Waals surface area (Å²) < 4.78 is 0. The Hall–Kier alpha value is -2.29. The number of carbonyl (C=O) groups excluding carboxylic acids is 1. The van der Waals surface area contributed by atoms with Crippen LogP contribution >= 0.6 is 11.3 Å². The zero-order valence-corrected chi connectivity index (χ0v) is 18.1. The van der Waals surface area contributed by atoms with E-state index in [4.69, 9.17) is 0 Å². The van der Waals surface area contributed by atoms with E-state index in [0.717, 1.165) is 54.5 Å². The third-order valence-electron chi connectivity index (χ3n) is 5.89. The van der Waals surface area contributed by atoms with Crippen LogP contribution in [0.2, 0.25) is 0 Å². The van der Waals surface area contributed by atoms with Crippen LogP contribution < -0.4 is 10.2 Å². The Morgan fingerprint density at radius 3 is 2.83 bits per heavy atom. The lowest BCUT2D eigenvalue weighted by Gasteiger charge is -2.28. The quantitative estimate of drug-likeness (QED) is 0.553. The number of thiophene rings is 1. The molecule has 2 aliphatic rings. The summed E-state index contributed by atoms with van der Waals surface area (Å²) in [6.45, 7) is 8.55. The van der Waals surface area contributed by atoms with Gasteiger partial charge in [0.25, 0.3) is 5.91 Å². The van der Waals surface area contributed by atoms with E-state index < -0.39 is 0 Å². The molecule has 1 aromatic heterocycles. The Morgan fingerprint density at radius 2 is 2.00 bits per heavy atom. The molecule has 1 N–H and O–H groups in total. The minimum Gasteiger partial charge on any atom is -0.338 e. The fraction of sp³-hybridized carbons (Fsp3) is 0.458. The molecule has 0 spiro atoms. The van der Waals surface area contributed by atoms with Crippen LogP contribution in [0, 0.1) is 24.7 Å². The molecule has 1 fully saturated rings. The summed E-state index contributed by atoms with van der Waals surface area (Å²) in [5, 5.41) is 5.03. The molecule has 29 heavy (non-hydrogen) atoms. The number of nitrogens with one attached hydrogen (secondary N) is 1. The Kier molecular flexibility index (Phi) is 6.22. The summed E-state index contributed by atoms with van der Waals surface area (Å²) in [5.41, 5.74) is 3.77. The van der Waals surface area contributed by atoms with Gasteiger partial charge in [0, 0.05) is 23.2 Å². The number of aryl methyl sites for hydroxylation is 1. The number of anilines is 3. The number of fused-ring (bicyclic) bond motifs is 2. The molecule has 0 radical (unpaired) electrons. The number of hydrogen-bond acceptors (Lipinski definition) is 4. The molecular formula is C24H29N3OS. The largest absolute Gasteiger partial charge is 0.338 e. The highest BCUT2D eigenvalue weighted by Crippen LogP contribution is 2.42. The molecule has 3 heterocycles. The van der Waals surface area contributed by atoms with Crippen LogP contribution in [-0.2, 0) is 0 Å². The standard InChI is InChI=1S/C24H29N3OS/c1-18-11-15-26(16-12-18)13-7-3-4-8-14-27-22-10-6-5-9-21(22)25-24(28)20-17-29-19(2)23(20)27/h5-6,9-10,17-18H,4,8,11-16H2,1-2H3,(H,25,28). The van der Waals surface area contributed by atoms with E-state index in [1.54, 1.807) is 11.3 Å². The summed E-state index contributed by atoms with van der Waals surface area (Å²) in [5.74, 6) is 7.58. The molecule has 2 aliphatic heterocycles. The minimum absolute atomic E-state index is 0.0186. The maximum atomic E-state index is 12.7. The Morgan fingerprint density at radius 1 is 1.21 bits per heavy atom. The minimum atomic E-state index is -0.0186. The van der Waals surface area contributed by atoms with Gasteiger partial charge in [0.2, 0.25) is 0 Å². The smallest absolute Gasteiger partial charge is 0.258 e. The van der Waals surface area contributed by atoms with Crippen LogP contribution in [-0.4, -0.2) is 37.0 Å². The van der Waals surface area contributed by atoms with Gasteiger partial charge in [-0.25, -0.2) is 0 Å². The summed E-state index contributed by atoms with van der Waals surface area (Å²) in [6, 6.07) is 8.06. The summed E-state index contributed by atoms with van der Waals surface area (Å²) >= 11 is 1.64. The van der Waals surface area contributed by atoms with Gasteiger partial charge in [0.05, 0.1) is 29.2 Å². The number of nitrogens with zero attached hydrogens (tertiary/aromatic N) is 2. The lowest BCUT2D eigenvalue weighted by Crippen LogP contribution is -2.33. The van der Waals surface area contributed by atoms with E-state index in [9.17, 15) is 4.79 Å². The van der Waals surface area contributed by atoms with Crippen molar-refractivity contribution in [3.63, 3.8) is 0 Å². The number of likely N-dealkylation sites (tertiary alicyclic amines) is 1. The number of para-hydroxylation sites is 2. The first-order chi connectivity index (χ1) is 14.1. The van der Waals surface area contributed by atoms with Crippen LogP contribution in [0.15, 0.2) is 29.6 Å². The first kappa shape index (κ1) is 20.0. The first-order valence-electron chi connectivity index (χ1n) is 10.6. The highest BCUT2D eigenvalue weighted by atomic mass is 32.1. The number of benzene rings is 1. The predicted molar refractivity (Wildman–Crippen MR) is 122 cm³/mol. The fourth-order valence-electron chi connectivity index (χ4n) is 4.10. The molecular weight excluding hydrogens is 378 g/mol. The van der Waals surface area contributed by atoms with Crippen molar-refractivity contribution in [2.45, 2.75) is 39.5 Å². The lowest BCUT2D eigenvalue weighted by molar-refractivity contribution is 0.102. The molecule has 2 aromatic rings. The fourth-order valence-corrected chi connectivity index (χ4v) is 4.95. The maximum absolute atomic E-state index is 12.7. The topological polar surface area (TPSA) is 35.6 Å². The number of rotatable bonds is 4. The van der Waals surface area contributed by atoms with E-state index >= 15 is 0 Å². The first-order valence-corrected chi connectivity index (χ1v) is 11.5. The van der Waals surface area contributed by atoms with Gasteiger partial charge in [-0.3, -0.25) is 9.69 Å². The molecule has 152 valence electrons. The zero-order chi connectivity index (χ0) is 20.2. The molecule has 0 aliphatic carbocycles. The van der Waals surface area contributed by atoms with Crippen molar-refractivity contribution in [2.24, 2.45) is 5.92 Å². The Bertz CT molecular complexity index is 931. The van der Waals surface area contributed by atoms with Crippen molar-refractivity contribution >= 4 is 34.3 Å². The molecule has 0 bridgehead atoms. The number of carbonyl (C=O) groups is 1. The van der Waals surface area contributed by atoms with Gasteiger partial charge in [-0.1, -0.05) is 25.0 Å². The summed E-state index contributed by atoms with van der Waals surface area (Å²) in [6.07, 6.45) is 4.44. The lowest BCUT2D eigenvalue weighted by atomic mass is 9.99. The average molecular weight is 408 g/mol. The second-order valence-corrected chi connectivity index (χ2v) is 9.18. The van der Waals surface area contributed by atoms with Crippen molar-refractivity contribution in [1.82, 2.24) is 4.90 Å². The molecule has 4 nitrogen and oxygen atoms in total. The van der Waals surface area contributed by atoms with Gasteiger partial charge >= 0.3 is 0 Å². The molecule has 4 rings (SSSR count). The molecule has 5 heteroatoms. The highest BCUT2D eigenvalue weighted by molar-refractivity contribution is 7.10. The second-order valence-electron chi connectivity index (χ2n) is 8.09. The van der Waals surface area contributed by atoms with Gasteiger partial charge in [-0.2, -0.15) is 0 Å². The third kappa shape index (κ3) is 4.49. The van der Waals surface area contributed by atoms with Gasteiger partial charge in [-0.15, -0.1) is 17.3 Å². The van der Waals surface area contributed by atoms with Crippen molar-refractivity contribution < 1.29 is 4.79 Å². The molecule has 0 unspecified atom stereocenters. The van der Waals surface area contributed by atoms with Crippen LogP contribution in [0.5, 0.6) is 0 Å². The van der Waals surface area contributed by atoms with Crippen molar-refractivity contribution in [3.8, 4) is 11.8 Å². The maximum Gasteiger partial charge on any atom is 0.258 e. The Balaban J connectivity index is 1.41. The molecule has 0 saturated carbocycles. The van der Waals surface area contributed by atoms with Crippen LogP contribution in [0.4, 0.5) is 17.1 Å². The monoisotopic (exact) mass is 407 g/mol. The van der Waals surface area contributed by atoms with Crippen molar-refractivity contribution in [1.29, 1.82) is 0 Å². The van der Waals surface area contributed by atoms with Crippen LogP contribution in [0.3, 0.4) is 0 Å². The van der Waals surface area contributed by atoms with E-state index in [2.05, 4.69) is 46.9 Å². The molecule has 1 amide bonds. The summed E-state index contributed by atoms with van der Waals surface area (Å²) in [4.78, 5) is 18.6. The normalized spacial score (nSPS) is 17.0. The second kappa shape index (κ2) is 9.02. The third-order valence-corrected chi connectivity index (χ3v) is 6.79. The molecule has 0 atom stereocenters. The van der Waals surface area contributed by atoms with Crippen LogP contribution in [0.1, 0.15) is 47.8 Å². The number of amides is 1. The zero-order valence-electron chi connectivity index (χ0n) is 17.3. The molecule has 1 aromatic carbocycles. The highest BCUT2D eigenvalue weighted by Gasteiger charge is 2.27. The van der Waals surface area contributed by atoms with Gasteiger partial charge in [-0.05, 0) is 57.3 Å². The average Bonchev–Trinajstić information content (AvgIpc) is 3.05. The van der Waals surface area contributed by atoms with E-state index in [1.165, 1.54) is 30.8 Å². The van der Waals surface area contributed by atoms with Gasteiger partial charge in [0.15, 0.2) is 0 Å². The molecule has 1 saturated heterocycles. The van der Waals surface area contributed by atoms with E-state index in [0.29, 0.717) is 0 Å². The van der Waals surface area contributed by atoms with Crippen molar-refractivity contribution in [2.75, 3.05) is 36.4 Å². The predicted octanol–water partition coefficient (Wildman–Crippen LogP) is 5.28. The Labute approximate surface area is 177 Å². The van der Waals surface area contributed by atoms with Crippen molar-refractivity contribution in [3.05, 3.63) is 40.1 Å². The van der Waals surface area contributed by atoms with Gasteiger partial charge in [0.1, 0.15) is 0 Å². The van der Waals surface area contributed by atoms with E-state index in [1.807, 2.05) is 23.6 Å². The number of unbranched alkanes of at least 4 members (excludes halogenated alkanes) is 1.